The van der Waals surface area contributed by atoms with Crippen LogP contribution in [0.15, 0.2) is 36.9 Å². The Bertz CT molecular complexity index is 453. The minimum absolute atomic E-state index is 0.0440. The van der Waals surface area contributed by atoms with Crippen LogP contribution in [0.2, 0.25) is 0 Å². The summed E-state index contributed by atoms with van der Waals surface area (Å²) < 4.78 is 5.40. The summed E-state index contributed by atoms with van der Waals surface area (Å²) in [6.07, 6.45) is -0.187. The van der Waals surface area contributed by atoms with Crippen molar-refractivity contribution in [2.45, 2.75) is 18.6 Å². The van der Waals surface area contributed by atoms with Gasteiger partial charge in [-0.3, -0.25) is 0 Å². The normalized spacial score (nSPS) is 13.3. The highest BCUT2D eigenvalue weighted by Gasteiger charge is 2.20. The van der Waals surface area contributed by atoms with Gasteiger partial charge >= 0.3 is 6.09 Å². The summed E-state index contributed by atoms with van der Waals surface area (Å²) in [5.74, 6) is 0.620. The van der Waals surface area contributed by atoms with Crippen LogP contribution in [-0.4, -0.2) is 40.9 Å². The van der Waals surface area contributed by atoms with Gasteiger partial charge in [0.25, 0.3) is 0 Å². The number of alkyl halides is 1. The third-order valence-corrected chi connectivity index (χ3v) is 2.97. The van der Waals surface area contributed by atoms with E-state index in [4.69, 9.17) is 21.4 Å². The highest BCUT2D eigenvalue weighted by Crippen LogP contribution is 2.16. The summed E-state index contributed by atoms with van der Waals surface area (Å²) in [4.78, 5) is 10.7. The van der Waals surface area contributed by atoms with Crippen molar-refractivity contribution in [2.24, 2.45) is 0 Å². The Morgan fingerprint density at radius 2 is 2.30 bits per heavy atom. The average molecular weight is 300 g/mol. The smallest absolute Gasteiger partial charge is 0.404 e. The molecule has 6 heteroatoms. The van der Waals surface area contributed by atoms with Crippen molar-refractivity contribution in [3.05, 3.63) is 42.5 Å². The molecule has 0 aromatic heterocycles. The van der Waals surface area contributed by atoms with Gasteiger partial charge in [-0.1, -0.05) is 24.8 Å². The molecular formula is C14H18ClNO4. The summed E-state index contributed by atoms with van der Waals surface area (Å²) in [5.41, 5.74) is 0.842. The SMILES string of the molecule is C=CCOc1cccc(C[C@H](NC(=O)O)[C@H](O)CCl)c1. The maximum absolute atomic E-state index is 10.7. The number of hydrogen-bond donors (Lipinski definition) is 3. The molecule has 20 heavy (non-hydrogen) atoms. The van der Waals surface area contributed by atoms with E-state index >= 15 is 0 Å². The van der Waals surface area contributed by atoms with E-state index in [9.17, 15) is 9.90 Å². The molecule has 0 aliphatic carbocycles. The van der Waals surface area contributed by atoms with E-state index < -0.39 is 18.2 Å². The van der Waals surface area contributed by atoms with Crippen LogP contribution in [0.5, 0.6) is 5.75 Å². The number of aliphatic hydroxyl groups excluding tert-OH is 1. The highest BCUT2D eigenvalue weighted by molar-refractivity contribution is 6.18. The Hall–Kier alpha value is -1.72. The van der Waals surface area contributed by atoms with E-state index in [2.05, 4.69) is 11.9 Å². The molecule has 0 saturated heterocycles. The first-order valence-electron chi connectivity index (χ1n) is 6.13. The first kappa shape index (κ1) is 16.3. The number of aliphatic hydroxyl groups is 1. The molecule has 0 aliphatic heterocycles. The minimum atomic E-state index is -1.20. The maximum Gasteiger partial charge on any atom is 0.404 e. The Morgan fingerprint density at radius 3 is 2.90 bits per heavy atom. The van der Waals surface area contributed by atoms with Crippen molar-refractivity contribution >= 4 is 17.7 Å². The lowest BCUT2D eigenvalue weighted by molar-refractivity contribution is 0.135. The van der Waals surface area contributed by atoms with Gasteiger partial charge in [0.05, 0.1) is 18.0 Å². The third-order valence-electron chi connectivity index (χ3n) is 2.65. The van der Waals surface area contributed by atoms with Gasteiger partial charge in [0.1, 0.15) is 12.4 Å². The van der Waals surface area contributed by atoms with Gasteiger partial charge < -0.3 is 20.3 Å². The number of halogens is 1. The third kappa shape index (κ3) is 5.50. The molecule has 0 bridgehead atoms. The van der Waals surface area contributed by atoms with Crippen LogP contribution >= 0.6 is 11.6 Å². The van der Waals surface area contributed by atoms with Crippen molar-refractivity contribution in [1.82, 2.24) is 5.32 Å². The molecule has 0 radical (unpaired) electrons. The van der Waals surface area contributed by atoms with Gasteiger partial charge in [-0.05, 0) is 24.1 Å². The number of amides is 1. The second-order valence-corrected chi connectivity index (χ2v) is 4.54. The number of rotatable bonds is 8. The van der Waals surface area contributed by atoms with Crippen molar-refractivity contribution in [3.8, 4) is 5.75 Å². The molecule has 0 unspecified atom stereocenters. The second-order valence-electron chi connectivity index (χ2n) is 4.23. The molecule has 5 nitrogen and oxygen atoms in total. The Morgan fingerprint density at radius 1 is 1.55 bits per heavy atom. The quantitative estimate of drug-likeness (QED) is 0.507. The Kier molecular flexibility index (Phi) is 6.90. The largest absolute Gasteiger partial charge is 0.490 e. The molecule has 1 rings (SSSR count). The van der Waals surface area contributed by atoms with Gasteiger partial charge in [-0.25, -0.2) is 4.79 Å². The molecule has 0 aliphatic rings. The van der Waals surface area contributed by atoms with Gasteiger partial charge in [-0.2, -0.15) is 0 Å². The number of carbonyl (C=O) groups is 1. The molecule has 0 fully saturated rings. The fraction of sp³-hybridized carbons (Fsp3) is 0.357. The lowest BCUT2D eigenvalue weighted by atomic mass is 10.0. The molecule has 3 N–H and O–H groups in total. The first-order valence-corrected chi connectivity index (χ1v) is 6.66. The summed E-state index contributed by atoms with van der Waals surface area (Å²) >= 11 is 5.58. The van der Waals surface area contributed by atoms with Crippen LogP contribution in [0.4, 0.5) is 4.79 Å². The highest BCUT2D eigenvalue weighted by atomic mass is 35.5. The number of carboxylic acid groups (broad SMARTS) is 1. The predicted molar refractivity (Wildman–Crippen MR) is 77.5 cm³/mol. The van der Waals surface area contributed by atoms with Crippen LogP contribution in [0.25, 0.3) is 0 Å². The Balaban J connectivity index is 2.76. The molecule has 1 amide bonds. The van der Waals surface area contributed by atoms with Gasteiger partial charge in [0.15, 0.2) is 0 Å². The fourth-order valence-electron chi connectivity index (χ4n) is 1.72. The van der Waals surface area contributed by atoms with Crippen molar-refractivity contribution in [1.29, 1.82) is 0 Å². The number of benzene rings is 1. The zero-order chi connectivity index (χ0) is 15.0. The summed E-state index contributed by atoms with van der Waals surface area (Å²) in [6.45, 7) is 3.96. The Labute approximate surface area is 122 Å². The van der Waals surface area contributed by atoms with Crippen LogP contribution in [-0.2, 0) is 6.42 Å². The van der Waals surface area contributed by atoms with E-state index in [1.54, 1.807) is 24.3 Å². The van der Waals surface area contributed by atoms with E-state index in [1.165, 1.54) is 0 Å². The lowest BCUT2D eigenvalue weighted by Gasteiger charge is -2.21. The minimum Gasteiger partial charge on any atom is -0.490 e. The maximum atomic E-state index is 10.7. The van der Waals surface area contributed by atoms with Gasteiger partial charge in [-0.15, -0.1) is 11.6 Å². The van der Waals surface area contributed by atoms with Crippen LogP contribution in [0.1, 0.15) is 5.56 Å². The monoisotopic (exact) mass is 299 g/mol. The van der Waals surface area contributed by atoms with Crippen LogP contribution in [0, 0.1) is 0 Å². The lowest BCUT2D eigenvalue weighted by Crippen LogP contribution is -2.45. The summed E-state index contributed by atoms with van der Waals surface area (Å²) in [7, 11) is 0. The first-order chi connectivity index (χ1) is 9.56. The zero-order valence-electron chi connectivity index (χ0n) is 11.0. The number of ether oxygens (including phenoxy) is 1. The van der Waals surface area contributed by atoms with E-state index in [1.807, 2.05) is 6.07 Å². The van der Waals surface area contributed by atoms with E-state index in [-0.39, 0.29) is 5.88 Å². The molecule has 110 valence electrons. The van der Waals surface area contributed by atoms with Crippen molar-refractivity contribution < 1.29 is 19.7 Å². The number of hydrogen-bond acceptors (Lipinski definition) is 3. The molecule has 0 spiro atoms. The second kappa shape index (κ2) is 8.45. The summed E-state index contributed by atoms with van der Waals surface area (Å²) in [5, 5.41) is 20.8. The standard InChI is InChI=1S/C14H18ClNO4/c1-2-6-20-11-5-3-4-10(7-11)8-12(13(17)9-15)16-14(18)19/h2-5,7,12-13,16-17H,1,6,8-9H2,(H,18,19)/t12-,13+/m0/s1. The van der Waals surface area contributed by atoms with E-state index in [0.717, 1.165) is 5.56 Å². The topological polar surface area (TPSA) is 78.8 Å². The van der Waals surface area contributed by atoms with Gasteiger partial charge in [0.2, 0.25) is 0 Å². The predicted octanol–water partition coefficient (Wildman–Crippen LogP) is 2.03. The zero-order valence-corrected chi connectivity index (χ0v) is 11.7. The van der Waals surface area contributed by atoms with Crippen LogP contribution in [0.3, 0.4) is 0 Å². The summed E-state index contributed by atoms with van der Waals surface area (Å²) in [6, 6.07) is 6.56. The van der Waals surface area contributed by atoms with Crippen LogP contribution < -0.4 is 10.1 Å². The average Bonchev–Trinajstić information content (AvgIpc) is 2.43. The van der Waals surface area contributed by atoms with E-state index in [0.29, 0.717) is 18.8 Å². The number of nitrogens with one attached hydrogen (secondary N) is 1. The molecule has 2 atom stereocenters. The molecular weight excluding hydrogens is 282 g/mol. The van der Waals surface area contributed by atoms with Crippen molar-refractivity contribution in [2.75, 3.05) is 12.5 Å². The molecule has 0 saturated carbocycles. The van der Waals surface area contributed by atoms with Crippen molar-refractivity contribution in [3.63, 3.8) is 0 Å². The molecule has 1 aromatic carbocycles. The molecule has 1 aromatic rings. The van der Waals surface area contributed by atoms with Gasteiger partial charge in [0, 0.05) is 0 Å². The fourth-order valence-corrected chi connectivity index (χ4v) is 1.94. The molecule has 0 heterocycles.